The van der Waals surface area contributed by atoms with Crippen molar-refractivity contribution >= 4 is 17.6 Å². The van der Waals surface area contributed by atoms with E-state index in [2.05, 4.69) is 0 Å². The Balaban J connectivity index is 2.61. The minimum absolute atomic E-state index is 0.0171. The molecule has 0 unspecified atom stereocenters. The van der Waals surface area contributed by atoms with E-state index in [9.17, 15) is 20.1 Å². The molecule has 0 spiro atoms. The van der Waals surface area contributed by atoms with Gasteiger partial charge in [-0.15, -0.1) is 0 Å². The molecule has 0 bridgehead atoms. The number of allylic oxidation sites excluding steroid dienone is 2. The topological polar surface area (TPSA) is 96.2 Å². The van der Waals surface area contributed by atoms with Crippen molar-refractivity contribution in [3.05, 3.63) is 58.7 Å². The van der Waals surface area contributed by atoms with Crippen LogP contribution < -0.4 is 4.74 Å². The van der Waals surface area contributed by atoms with E-state index >= 15 is 0 Å². The number of rotatable bonds is 6. The lowest BCUT2D eigenvalue weighted by Crippen LogP contribution is -2.05. The second kappa shape index (κ2) is 8.99. The van der Waals surface area contributed by atoms with Gasteiger partial charge in [0.05, 0.1) is 19.8 Å². The van der Waals surface area contributed by atoms with E-state index in [1.165, 1.54) is 44.6 Å². The quantitative estimate of drug-likeness (QED) is 0.301. The van der Waals surface area contributed by atoms with Crippen LogP contribution in [0, 0.1) is 0 Å². The molecule has 0 heterocycles. The Hall–Kier alpha value is -3.41. The van der Waals surface area contributed by atoms with E-state index < -0.39 is 5.97 Å². The van der Waals surface area contributed by atoms with Gasteiger partial charge in [-0.3, -0.25) is 0 Å². The van der Waals surface area contributed by atoms with Crippen molar-refractivity contribution in [2.24, 2.45) is 0 Å². The van der Waals surface area contributed by atoms with E-state index in [1.807, 2.05) is 19.9 Å². The predicted octanol–water partition coefficient (Wildman–Crippen LogP) is 4.03. The fourth-order valence-electron chi connectivity index (χ4n) is 2.66. The molecule has 0 atom stereocenters. The number of aromatic hydroxyl groups is 3. The molecule has 0 saturated carbocycles. The lowest BCUT2D eigenvalue weighted by Gasteiger charge is -2.14. The molecule has 2 aromatic rings. The van der Waals surface area contributed by atoms with Gasteiger partial charge in [-0.25, -0.2) is 4.79 Å². The fourth-order valence-corrected chi connectivity index (χ4v) is 2.66. The Kier molecular flexibility index (Phi) is 6.71. The maximum absolute atomic E-state index is 12.4. The smallest absolute Gasteiger partial charge is 0.338 e. The van der Waals surface area contributed by atoms with Crippen molar-refractivity contribution in [3.63, 3.8) is 0 Å². The summed E-state index contributed by atoms with van der Waals surface area (Å²) in [4.78, 5) is 12.4. The molecular formula is C22H24O6. The number of phenols is 3. The summed E-state index contributed by atoms with van der Waals surface area (Å²) in [5.74, 6) is -0.533. The zero-order valence-corrected chi connectivity index (χ0v) is 16.3. The van der Waals surface area contributed by atoms with E-state index in [-0.39, 0.29) is 22.8 Å². The summed E-state index contributed by atoms with van der Waals surface area (Å²) in [6.07, 6.45) is 3.86. The normalized spacial score (nSPS) is 11.1. The van der Waals surface area contributed by atoms with Crippen LogP contribution in [0.25, 0.3) is 11.6 Å². The first-order valence-corrected chi connectivity index (χ1v) is 8.62. The first kappa shape index (κ1) is 20.9. The van der Waals surface area contributed by atoms with Gasteiger partial charge < -0.3 is 24.8 Å². The average molecular weight is 384 g/mol. The summed E-state index contributed by atoms with van der Waals surface area (Å²) in [5.41, 5.74) is 2.50. The number of esters is 1. The Morgan fingerprint density at radius 2 is 1.75 bits per heavy atom. The fraction of sp³-hybridized carbons (Fsp3) is 0.227. The molecule has 2 aromatic carbocycles. The summed E-state index contributed by atoms with van der Waals surface area (Å²) >= 11 is 0. The van der Waals surface area contributed by atoms with Gasteiger partial charge in [-0.2, -0.15) is 0 Å². The molecule has 148 valence electrons. The molecule has 0 aliphatic heterocycles. The maximum Gasteiger partial charge on any atom is 0.338 e. The molecule has 3 N–H and O–H groups in total. The third-order valence-corrected chi connectivity index (χ3v) is 4.15. The molecule has 6 nitrogen and oxygen atoms in total. The number of hydrogen-bond donors (Lipinski definition) is 3. The number of ether oxygens (including phenoxy) is 2. The van der Waals surface area contributed by atoms with Gasteiger partial charge in [0.15, 0.2) is 0 Å². The first-order chi connectivity index (χ1) is 13.3. The summed E-state index contributed by atoms with van der Waals surface area (Å²) in [5, 5.41) is 30.0. The first-order valence-electron chi connectivity index (χ1n) is 8.62. The Bertz CT molecular complexity index is 936. The second-order valence-electron chi connectivity index (χ2n) is 6.45. The van der Waals surface area contributed by atoms with Crippen molar-refractivity contribution < 1.29 is 29.6 Å². The van der Waals surface area contributed by atoms with Gasteiger partial charge in [-0.05, 0) is 56.2 Å². The zero-order valence-electron chi connectivity index (χ0n) is 16.3. The molecule has 0 amide bonds. The van der Waals surface area contributed by atoms with Crippen LogP contribution in [-0.4, -0.2) is 35.5 Å². The third-order valence-electron chi connectivity index (χ3n) is 4.15. The van der Waals surface area contributed by atoms with Crippen LogP contribution in [0.15, 0.2) is 42.0 Å². The molecule has 0 aliphatic rings. The van der Waals surface area contributed by atoms with Gasteiger partial charge in [0.1, 0.15) is 23.0 Å². The van der Waals surface area contributed by atoms with Crippen LogP contribution in [0.4, 0.5) is 0 Å². The van der Waals surface area contributed by atoms with Crippen LogP contribution >= 0.6 is 0 Å². The van der Waals surface area contributed by atoms with Crippen LogP contribution in [0.5, 0.6) is 23.0 Å². The number of phenolic OH excluding ortho intramolecular Hbond substituents is 3. The number of carbonyl (C=O) groups excluding carboxylic acids is 1. The van der Waals surface area contributed by atoms with Crippen LogP contribution in [-0.2, 0) is 16.0 Å². The van der Waals surface area contributed by atoms with E-state index in [1.54, 1.807) is 6.07 Å². The monoisotopic (exact) mass is 384 g/mol. The molecule has 28 heavy (non-hydrogen) atoms. The molecule has 2 rings (SSSR count). The Labute approximate surface area is 164 Å². The number of hydrogen-bond acceptors (Lipinski definition) is 6. The van der Waals surface area contributed by atoms with Gasteiger partial charge in [0, 0.05) is 17.2 Å². The highest BCUT2D eigenvalue weighted by Crippen LogP contribution is 2.35. The minimum atomic E-state index is -0.647. The van der Waals surface area contributed by atoms with Crippen LogP contribution in [0.2, 0.25) is 0 Å². The average Bonchev–Trinajstić information content (AvgIpc) is 2.65. The number of benzene rings is 2. The van der Waals surface area contributed by atoms with Crippen molar-refractivity contribution in [2.45, 2.75) is 20.3 Å². The molecule has 0 radical (unpaired) electrons. The van der Waals surface area contributed by atoms with Crippen LogP contribution in [0.1, 0.15) is 30.5 Å². The lowest BCUT2D eigenvalue weighted by atomic mass is 9.98. The molecule has 0 aromatic heterocycles. The van der Waals surface area contributed by atoms with E-state index in [0.717, 1.165) is 5.57 Å². The minimum Gasteiger partial charge on any atom is -0.508 e. The second-order valence-corrected chi connectivity index (χ2v) is 6.45. The lowest BCUT2D eigenvalue weighted by molar-refractivity contribution is -0.133. The molecule has 0 fully saturated rings. The van der Waals surface area contributed by atoms with Gasteiger partial charge in [0.25, 0.3) is 0 Å². The highest BCUT2D eigenvalue weighted by atomic mass is 16.5. The van der Waals surface area contributed by atoms with Gasteiger partial charge in [0.2, 0.25) is 0 Å². The molecular weight excluding hydrogens is 360 g/mol. The zero-order chi connectivity index (χ0) is 20.8. The largest absolute Gasteiger partial charge is 0.508 e. The van der Waals surface area contributed by atoms with Crippen molar-refractivity contribution in [1.29, 1.82) is 0 Å². The van der Waals surface area contributed by atoms with Gasteiger partial charge in [-0.1, -0.05) is 11.6 Å². The standard InChI is InChI=1S/C22H24O6/c1-13(2)5-8-17-20(25)10-15(11-21(17)27-3)18(22(26)28-4)9-14-6-7-16(23)12-19(14)24/h5-7,9-12,23-25H,8H2,1-4H3/b18-9+. The highest BCUT2D eigenvalue weighted by Gasteiger charge is 2.18. The number of methoxy groups -OCH3 is 2. The van der Waals surface area contributed by atoms with Crippen molar-refractivity contribution in [3.8, 4) is 23.0 Å². The number of carbonyl (C=O) groups is 1. The summed E-state index contributed by atoms with van der Waals surface area (Å²) in [7, 11) is 2.73. The third kappa shape index (κ3) is 4.85. The van der Waals surface area contributed by atoms with E-state index in [4.69, 9.17) is 9.47 Å². The SMILES string of the molecule is COC(=O)/C(=C/c1ccc(O)cc1O)c1cc(O)c(CC=C(C)C)c(OC)c1. The van der Waals surface area contributed by atoms with Crippen molar-refractivity contribution in [2.75, 3.05) is 14.2 Å². The molecule has 0 saturated heterocycles. The summed E-state index contributed by atoms with van der Waals surface area (Å²) in [6, 6.07) is 7.11. The molecule has 6 heteroatoms. The van der Waals surface area contributed by atoms with Gasteiger partial charge >= 0.3 is 5.97 Å². The Morgan fingerprint density at radius 1 is 1.04 bits per heavy atom. The molecule has 0 aliphatic carbocycles. The summed E-state index contributed by atoms with van der Waals surface area (Å²) < 4.78 is 10.3. The highest BCUT2D eigenvalue weighted by molar-refractivity contribution is 6.22. The predicted molar refractivity (Wildman–Crippen MR) is 107 cm³/mol. The Morgan fingerprint density at radius 3 is 2.32 bits per heavy atom. The van der Waals surface area contributed by atoms with E-state index in [0.29, 0.717) is 28.9 Å². The summed E-state index contributed by atoms with van der Waals surface area (Å²) in [6.45, 7) is 3.92. The maximum atomic E-state index is 12.4. The van der Waals surface area contributed by atoms with Crippen molar-refractivity contribution in [1.82, 2.24) is 0 Å². The van der Waals surface area contributed by atoms with Crippen LogP contribution in [0.3, 0.4) is 0 Å².